The summed E-state index contributed by atoms with van der Waals surface area (Å²) in [5.74, 6) is 0.471. The smallest absolute Gasteiger partial charge is 0.112 e. The largest absolute Gasteiger partial charge is 0.180 e. The van der Waals surface area contributed by atoms with Crippen LogP contribution in [0.2, 0.25) is 0 Å². The first kappa shape index (κ1) is 7.34. The van der Waals surface area contributed by atoms with E-state index in [-0.39, 0.29) is 6.04 Å². The molecule has 4 heteroatoms. The molecule has 0 aliphatic carbocycles. The molecule has 2 rings (SSSR count). The summed E-state index contributed by atoms with van der Waals surface area (Å²) in [5, 5.41) is 15.7. The Labute approximate surface area is 70.7 Å². The van der Waals surface area contributed by atoms with Crippen LogP contribution in [0.3, 0.4) is 0 Å². The summed E-state index contributed by atoms with van der Waals surface area (Å²) < 4.78 is 0. The van der Waals surface area contributed by atoms with Crippen molar-refractivity contribution in [1.29, 1.82) is 0 Å². The maximum Gasteiger partial charge on any atom is 0.112 e. The Balaban J connectivity index is 2.42. The Morgan fingerprint density at radius 2 is 2.00 bits per heavy atom. The van der Waals surface area contributed by atoms with Gasteiger partial charge in [0, 0.05) is 5.56 Å². The van der Waals surface area contributed by atoms with Gasteiger partial charge in [-0.05, 0) is 5.92 Å². The van der Waals surface area contributed by atoms with Crippen molar-refractivity contribution in [2.75, 3.05) is 0 Å². The Kier molecular flexibility index (Phi) is 1.60. The third kappa shape index (κ3) is 0.995. The van der Waals surface area contributed by atoms with Gasteiger partial charge in [-0.1, -0.05) is 13.8 Å². The van der Waals surface area contributed by atoms with Crippen LogP contribution in [-0.4, -0.2) is 10.2 Å². The molecule has 1 aliphatic heterocycles. The van der Waals surface area contributed by atoms with Gasteiger partial charge in [-0.15, -0.1) is 0 Å². The molecule has 4 nitrogen and oxygen atoms in total. The van der Waals surface area contributed by atoms with E-state index in [4.69, 9.17) is 0 Å². The van der Waals surface area contributed by atoms with Gasteiger partial charge in [-0.2, -0.15) is 20.4 Å². The molecule has 0 saturated carbocycles. The molecule has 0 radical (unpaired) electrons. The van der Waals surface area contributed by atoms with Gasteiger partial charge in [0.15, 0.2) is 0 Å². The number of aromatic nitrogens is 2. The zero-order valence-corrected chi connectivity index (χ0v) is 7.10. The van der Waals surface area contributed by atoms with Crippen molar-refractivity contribution in [3.05, 3.63) is 18.0 Å². The SMILES string of the molecule is CC(C)C1N=Nc2cnncc21. The van der Waals surface area contributed by atoms with Crippen LogP contribution >= 0.6 is 0 Å². The predicted octanol–water partition coefficient (Wildman–Crippen LogP) is 2.27. The van der Waals surface area contributed by atoms with Crippen molar-refractivity contribution < 1.29 is 0 Å². The lowest BCUT2D eigenvalue weighted by molar-refractivity contribution is 0.514. The van der Waals surface area contributed by atoms with Crippen LogP contribution in [0.1, 0.15) is 25.5 Å². The van der Waals surface area contributed by atoms with Crippen LogP contribution in [0.5, 0.6) is 0 Å². The lowest BCUT2D eigenvalue weighted by Crippen LogP contribution is -2.01. The fraction of sp³-hybridized carbons (Fsp3) is 0.500. The molecule has 0 bridgehead atoms. The Bertz CT molecular complexity index is 319. The van der Waals surface area contributed by atoms with Gasteiger partial charge in [0.2, 0.25) is 0 Å². The van der Waals surface area contributed by atoms with E-state index < -0.39 is 0 Å². The predicted molar refractivity (Wildman–Crippen MR) is 44.1 cm³/mol. The van der Waals surface area contributed by atoms with E-state index in [9.17, 15) is 0 Å². The number of hydrogen-bond donors (Lipinski definition) is 0. The summed E-state index contributed by atoms with van der Waals surface area (Å²) in [6, 6.07) is 0.176. The molecule has 0 saturated heterocycles. The van der Waals surface area contributed by atoms with Gasteiger partial charge in [0.1, 0.15) is 11.7 Å². The van der Waals surface area contributed by atoms with Gasteiger partial charge in [-0.3, -0.25) is 0 Å². The number of nitrogens with zero attached hydrogens (tertiary/aromatic N) is 4. The molecule has 0 fully saturated rings. The van der Waals surface area contributed by atoms with Crippen molar-refractivity contribution in [2.24, 2.45) is 16.1 Å². The third-order valence-corrected chi connectivity index (χ3v) is 1.98. The normalized spacial score (nSPS) is 20.1. The van der Waals surface area contributed by atoms with Gasteiger partial charge in [0.05, 0.1) is 12.4 Å². The first-order valence-corrected chi connectivity index (χ1v) is 4.00. The minimum Gasteiger partial charge on any atom is -0.180 e. The topological polar surface area (TPSA) is 50.5 Å². The Morgan fingerprint density at radius 3 is 2.75 bits per heavy atom. The number of fused-ring (bicyclic) bond motifs is 1. The van der Waals surface area contributed by atoms with Crippen molar-refractivity contribution in [1.82, 2.24) is 10.2 Å². The molecule has 0 N–H and O–H groups in total. The number of azo groups is 1. The quantitative estimate of drug-likeness (QED) is 0.636. The zero-order valence-electron chi connectivity index (χ0n) is 7.10. The van der Waals surface area contributed by atoms with Crippen LogP contribution in [0, 0.1) is 5.92 Å². The second-order valence-electron chi connectivity index (χ2n) is 3.23. The summed E-state index contributed by atoms with van der Waals surface area (Å²) >= 11 is 0. The Hall–Kier alpha value is -1.32. The first-order valence-electron chi connectivity index (χ1n) is 4.00. The minimum atomic E-state index is 0.176. The maximum absolute atomic E-state index is 4.15. The van der Waals surface area contributed by atoms with E-state index in [0.717, 1.165) is 11.3 Å². The summed E-state index contributed by atoms with van der Waals surface area (Å²) in [5.41, 5.74) is 1.96. The van der Waals surface area contributed by atoms with Gasteiger partial charge >= 0.3 is 0 Å². The first-order chi connectivity index (χ1) is 5.79. The molecule has 0 amide bonds. The van der Waals surface area contributed by atoms with Gasteiger partial charge in [0.25, 0.3) is 0 Å². The molecule has 2 heterocycles. The summed E-state index contributed by atoms with van der Waals surface area (Å²) in [6.07, 6.45) is 3.40. The molecular formula is C8H10N4. The molecule has 0 aromatic carbocycles. The highest BCUT2D eigenvalue weighted by Gasteiger charge is 2.23. The summed E-state index contributed by atoms with van der Waals surface area (Å²) in [7, 11) is 0. The van der Waals surface area contributed by atoms with Gasteiger partial charge in [-0.25, -0.2) is 0 Å². The molecule has 1 atom stereocenters. The van der Waals surface area contributed by atoms with E-state index in [2.05, 4.69) is 34.3 Å². The van der Waals surface area contributed by atoms with E-state index in [1.54, 1.807) is 12.4 Å². The highest BCUT2D eigenvalue weighted by Crippen LogP contribution is 2.38. The second kappa shape index (κ2) is 2.62. The fourth-order valence-electron chi connectivity index (χ4n) is 1.31. The van der Waals surface area contributed by atoms with Crippen molar-refractivity contribution in [2.45, 2.75) is 19.9 Å². The molecule has 1 aromatic rings. The molecule has 1 aliphatic rings. The van der Waals surface area contributed by atoms with Crippen LogP contribution in [0.4, 0.5) is 5.69 Å². The summed E-state index contributed by atoms with van der Waals surface area (Å²) in [4.78, 5) is 0. The maximum atomic E-state index is 4.15. The van der Waals surface area contributed by atoms with Crippen molar-refractivity contribution in [3.63, 3.8) is 0 Å². The average Bonchev–Trinajstić information content (AvgIpc) is 2.47. The van der Waals surface area contributed by atoms with Crippen molar-refractivity contribution in [3.8, 4) is 0 Å². The zero-order chi connectivity index (χ0) is 8.55. The van der Waals surface area contributed by atoms with Gasteiger partial charge < -0.3 is 0 Å². The third-order valence-electron chi connectivity index (χ3n) is 1.98. The molecule has 1 unspecified atom stereocenters. The van der Waals surface area contributed by atoms with Crippen LogP contribution in [0.25, 0.3) is 0 Å². The monoisotopic (exact) mass is 162 g/mol. The molecule has 12 heavy (non-hydrogen) atoms. The average molecular weight is 162 g/mol. The molecular weight excluding hydrogens is 152 g/mol. The van der Waals surface area contributed by atoms with E-state index in [1.165, 1.54) is 0 Å². The van der Waals surface area contributed by atoms with Crippen LogP contribution < -0.4 is 0 Å². The lowest BCUT2D eigenvalue weighted by Gasteiger charge is -2.09. The van der Waals surface area contributed by atoms with E-state index >= 15 is 0 Å². The minimum absolute atomic E-state index is 0.176. The second-order valence-corrected chi connectivity index (χ2v) is 3.23. The van der Waals surface area contributed by atoms with Crippen LogP contribution in [0.15, 0.2) is 22.6 Å². The fourth-order valence-corrected chi connectivity index (χ4v) is 1.31. The molecule has 1 aromatic heterocycles. The number of rotatable bonds is 1. The highest BCUT2D eigenvalue weighted by molar-refractivity contribution is 5.46. The highest BCUT2D eigenvalue weighted by atomic mass is 15.2. The lowest BCUT2D eigenvalue weighted by atomic mass is 9.99. The van der Waals surface area contributed by atoms with Crippen LogP contribution in [-0.2, 0) is 0 Å². The van der Waals surface area contributed by atoms with E-state index in [1.807, 2.05) is 0 Å². The molecule has 0 spiro atoms. The van der Waals surface area contributed by atoms with E-state index in [0.29, 0.717) is 5.92 Å². The Morgan fingerprint density at radius 1 is 1.25 bits per heavy atom. The summed E-state index contributed by atoms with van der Waals surface area (Å²) in [6.45, 7) is 4.25. The molecule has 62 valence electrons. The van der Waals surface area contributed by atoms with Crippen molar-refractivity contribution >= 4 is 5.69 Å². The number of hydrogen-bond acceptors (Lipinski definition) is 4. The standard InChI is InChI=1S/C8H10N4/c1-5(2)8-6-3-9-10-4-7(6)11-12-8/h3-5,8H,1-2H3.